The standard InChI is InChI=1S/C28H25Cl4N11O2/c29-16-3-1-14(7-18(16)31)10-34-22(9-23-38-20-12-36-42-24(20)26(44)40-23)33-5-6-43-25-21(13-37-43)39-28(41-27(25)45)35-11-15-2-4-17(30)19(32)8-15/h1-4,7-8,12-13,22,33-34H,5-6,9-11H2,(H,36,42)(H,38,40,44)(H2,35,39,41,45)/t22-/m1/s1. The van der Waals surface area contributed by atoms with Crippen LogP contribution >= 0.6 is 46.4 Å². The molecular formula is C28H25Cl4N11O2. The molecule has 0 aliphatic carbocycles. The van der Waals surface area contributed by atoms with Gasteiger partial charge in [0.25, 0.3) is 11.1 Å². The highest BCUT2D eigenvalue weighted by molar-refractivity contribution is 6.42. The molecule has 13 nitrogen and oxygen atoms in total. The van der Waals surface area contributed by atoms with E-state index in [2.05, 4.69) is 51.2 Å². The molecule has 232 valence electrons. The largest absolute Gasteiger partial charge is 0.352 e. The highest BCUT2D eigenvalue weighted by atomic mass is 35.5. The Bertz CT molecular complexity index is 2110. The fourth-order valence-corrected chi connectivity index (χ4v) is 5.38. The Kier molecular flexibility index (Phi) is 9.35. The second-order valence-corrected chi connectivity index (χ2v) is 11.7. The lowest BCUT2D eigenvalue weighted by Crippen LogP contribution is -2.45. The molecule has 0 fully saturated rings. The van der Waals surface area contributed by atoms with Gasteiger partial charge in [-0.05, 0) is 35.4 Å². The molecule has 2 aromatic carbocycles. The van der Waals surface area contributed by atoms with Crippen LogP contribution in [0.2, 0.25) is 20.1 Å². The smallest absolute Gasteiger partial charge is 0.278 e. The number of rotatable bonds is 12. The van der Waals surface area contributed by atoms with Crippen LogP contribution in [-0.2, 0) is 26.1 Å². The van der Waals surface area contributed by atoms with Crippen molar-refractivity contribution in [3.05, 3.63) is 107 Å². The van der Waals surface area contributed by atoms with Gasteiger partial charge < -0.3 is 10.3 Å². The number of halogens is 4. The van der Waals surface area contributed by atoms with Crippen LogP contribution in [0.25, 0.3) is 22.1 Å². The van der Waals surface area contributed by atoms with E-state index in [0.717, 1.165) is 11.1 Å². The summed E-state index contributed by atoms with van der Waals surface area (Å²) in [5.74, 6) is 0.776. The third-order valence-electron chi connectivity index (χ3n) is 6.95. The second kappa shape index (κ2) is 13.6. The number of aromatic amines is 3. The monoisotopic (exact) mass is 687 g/mol. The molecule has 0 saturated heterocycles. The Hall–Kier alpha value is -3.98. The lowest BCUT2D eigenvalue weighted by molar-refractivity contribution is 0.400. The summed E-state index contributed by atoms with van der Waals surface area (Å²) in [5, 5.41) is 22.7. The Balaban J connectivity index is 1.14. The summed E-state index contributed by atoms with van der Waals surface area (Å²) in [7, 11) is 0. The second-order valence-electron chi connectivity index (χ2n) is 10.1. The molecule has 0 aliphatic heterocycles. The van der Waals surface area contributed by atoms with Crippen molar-refractivity contribution in [1.82, 2.24) is 50.5 Å². The maximum atomic E-state index is 13.0. The molecule has 4 aromatic heterocycles. The quantitative estimate of drug-likeness (QED) is 0.103. The number of nitrogens with one attached hydrogen (secondary N) is 6. The van der Waals surface area contributed by atoms with Gasteiger partial charge in [-0.3, -0.25) is 35.0 Å². The summed E-state index contributed by atoms with van der Waals surface area (Å²) in [6.45, 7) is 1.62. The molecule has 4 heterocycles. The lowest BCUT2D eigenvalue weighted by Gasteiger charge is -2.20. The Labute approximate surface area is 274 Å². The van der Waals surface area contributed by atoms with Crippen LogP contribution in [0.1, 0.15) is 17.0 Å². The summed E-state index contributed by atoms with van der Waals surface area (Å²) < 4.78 is 1.59. The first-order chi connectivity index (χ1) is 21.7. The van der Waals surface area contributed by atoms with E-state index in [-0.39, 0.29) is 17.3 Å². The topological polar surface area (TPSA) is 174 Å². The third kappa shape index (κ3) is 7.30. The maximum Gasteiger partial charge on any atom is 0.278 e. The summed E-state index contributed by atoms with van der Waals surface area (Å²) in [6.07, 6.45) is 3.06. The van der Waals surface area contributed by atoms with Gasteiger partial charge >= 0.3 is 0 Å². The number of fused-ring (bicyclic) bond motifs is 2. The summed E-state index contributed by atoms with van der Waals surface area (Å²) in [6, 6.07) is 10.7. The lowest BCUT2D eigenvalue weighted by atomic mass is 10.2. The highest BCUT2D eigenvalue weighted by Crippen LogP contribution is 2.23. The van der Waals surface area contributed by atoms with E-state index in [4.69, 9.17) is 46.4 Å². The zero-order chi connectivity index (χ0) is 31.5. The van der Waals surface area contributed by atoms with Crippen molar-refractivity contribution in [2.45, 2.75) is 32.2 Å². The van der Waals surface area contributed by atoms with Crippen LogP contribution in [-0.4, -0.2) is 52.6 Å². The van der Waals surface area contributed by atoms with E-state index in [0.29, 0.717) is 86.5 Å². The molecule has 6 aromatic rings. The zero-order valence-electron chi connectivity index (χ0n) is 23.3. The number of nitrogens with zero attached hydrogens (tertiary/aromatic N) is 5. The molecule has 1 atom stereocenters. The predicted molar refractivity (Wildman–Crippen MR) is 175 cm³/mol. The van der Waals surface area contributed by atoms with Gasteiger partial charge in [-0.2, -0.15) is 10.2 Å². The van der Waals surface area contributed by atoms with Crippen molar-refractivity contribution < 1.29 is 0 Å². The number of hydrogen-bond donors (Lipinski definition) is 6. The predicted octanol–water partition coefficient (Wildman–Crippen LogP) is 4.25. The van der Waals surface area contributed by atoms with Gasteiger partial charge in [0.1, 0.15) is 22.4 Å². The van der Waals surface area contributed by atoms with Crippen molar-refractivity contribution in [1.29, 1.82) is 0 Å². The Morgan fingerprint density at radius 1 is 0.800 bits per heavy atom. The van der Waals surface area contributed by atoms with Gasteiger partial charge in [-0.25, -0.2) is 9.97 Å². The first-order valence-corrected chi connectivity index (χ1v) is 15.2. The van der Waals surface area contributed by atoms with Crippen molar-refractivity contribution in [3.8, 4) is 0 Å². The molecule has 0 amide bonds. The molecule has 0 spiro atoms. The Morgan fingerprint density at radius 2 is 1.53 bits per heavy atom. The van der Waals surface area contributed by atoms with Gasteiger partial charge in [0.15, 0.2) is 5.52 Å². The molecule has 0 unspecified atom stereocenters. The maximum absolute atomic E-state index is 13.0. The minimum Gasteiger partial charge on any atom is -0.352 e. The summed E-state index contributed by atoms with van der Waals surface area (Å²) in [5.41, 5.74) is 2.72. The van der Waals surface area contributed by atoms with Gasteiger partial charge in [-0.15, -0.1) is 0 Å². The third-order valence-corrected chi connectivity index (χ3v) is 8.43. The van der Waals surface area contributed by atoms with Crippen LogP contribution in [0.3, 0.4) is 0 Å². The van der Waals surface area contributed by atoms with Gasteiger partial charge in [-0.1, -0.05) is 58.5 Å². The van der Waals surface area contributed by atoms with E-state index in [1.807, 2.05) is 12.1 Å². The van der Waals surface area contributed by atoms with Crippen molar-refractivity contribution in [2.24, 2.45) is 0 Å². The van der Waals surface area contributed by atoms with Gasteiger partial charge in [0, 0.05) is 26.1 Å². The average Bonchev–Trinajstić information content (AvgIpc) is 3.66. The van der Waals surface area contributed by atoms with E-state index < -0.39 is 0 Å². The van der Waals surface area contributed by atoms with Crippen LogP contribution in [0.5, 0.6) is 0 Å². The van der Waals surface area contributed by atoms with Crippen LogP contribution < -0.4 is 27.1 Å². The molecule has 6 N–H and O–H groups in total. The zero-order valence-corrected chi connectivity index (χ0v) is 26.3. The molecule has 0 bridgehead atoms. The molecule has 6 rings (SSSR count). The average molecular weight is 689 g/mol. The highest BCUT2D eigenvalue weighted by Gasteiger charge is 2.15. The number of benzene rings is 2. The van der Waals surface area contributed by atoms with Crippen LogP contribution in [0.15, 0.2) is 58.4 Å². The first-order valence-electron chi connectivity index (χ1n) is 13.7. The number of anilines is 1. The molecular weight excluding hydrogens is 664 g/mol. The molecule has 45 heavy (non-hydrogen) atoms. The SMILES string of the molecule is O=c1[nH]c(C[C@H](NCCn2ncc3nc(NCc4ccc(Cl)c(Cl)c4)[nH]c(=O)c32)NCc2ccc(Cl)c(Cl)c2)nc2cn[nH]c12. The van der Waals surface area contributed by atoms with E-state index in [1.165, 1.54) is 6.20 Å². The van der Waals surface area contributed by atoms with Gasteiger partial charge in [0.05, 0.1) is 45.2 Å². The molecule has 17 heteroatoms. The minimum absolute atomic E-state index is 0.305. The van der Waals surface area contributed by atoms with Gasteiger partial charge in [0.2, 0.25) is 5.95 Å². The van der Waals surface area contributed by atoms with E-state index in [1.54, 1.807) is 35.1 Å². The molecule has 0 radical (unpaired) electrons. The van der Waals surface area contributed by atoms with Crippen LogP contribution in [0.4, 0.5) is 5.95 Å². The normalized spacial score (nSPS) is 12.3. The van der Waals surface area contributed by atoms with E-state index in [9.17, 15) is 9.59 Å². The number of aromatic nitrogens is 8. The first kappa shape index (κ1) is 31.0. The van der Waals surface area contributed by atoms with E-state index >= 15 is 0 Å². The van der Waals surface area contributed by atoms with Crippen molar-refractivity contribution in [2.75, 3.05) is 11.9 Å². The summed E-state index contributed by atoms with van der Waals surface area (Å²) in [4.78, 5) is 40.1. The summed E-state index contributed by atoms with van der Waals surface area (Å²) >= 11 is 24.4. The van der Waals surface area contributed by atoms with Crippen molar-refractivity contribution >= 4 is 74.4 Å². The molecule has 0 aliphatic rings. The van der Waals surface area contributed by atoms with Crippen LogP contribution in [0, 0.1) is 0 Å². The minimum atomic E-state index is -0.335. The number of H-pyrrole nitrogens is 3. The molecule has 0 saturated carbocycles. The Morgan fingerprint density at radius 3 is 2.27 bits per heavy atom. The number of hydrogen-bond acceptors (Lipinski definition) is 9. The van der Waals surface area contributed by atoms with Crippen molar-refractivity contribution in [3.63, 3.8) is 0 Å². The fraction of sp³-hybridized carbons (Fsp3) is 0.214. The fourth-order valence-electron chi connectivity index (χ4n) is 4.74.